The van der Waals surface area contributed by atoms with Crippen LogP contribution in [0.25, 0.3) is 22.3 Å². The van der Waals surface area contributed by atoms with Gasteiger partial charge in [-0.15, -0.1) is 0 Å². The Labute approximate surface area is 309 Å². The number of nitrogens with two attached hydrogens (primary N) is 2. The van der Waals surface area contributed by atoms with Gasteiger partial charge in [-0.1, -0.05) is 4.98 Å². The van der Waals surface area contributed by atoms with Crippen LogP contribution in [0.1, 0.15) is 12.5 Å². The zero-order valence-corrected chi connectivity index (χ0v) is 31.6. The largest absolute Gasteiger partial charge is 0.488 e. The number of aliphatic hydroxyl groups excluding tert-OH is 4. The number of aromatic nitrogens is 8. The molecule has 2 aliphatic rings. The Morgan fingerprint density at radius 2 is 1.43 bits per heavy atom. The number of hydrogen-bond donors (Lipinski definition) is 12. The number of nitrogens with zero attached hydrogens (tertiary/aromatic N) is 6. The van der Waals surface area contributed by atoms with Gasteiger partial charge in [0.25, 0.3) is 17.1 Å². The van der Waals surface area contributed by atoms with Crippen LogP contribution in [-0.4, -0.2) is 130 Å². The van der Waals surface area contributed by atoms with Gasteiger partial charge in [0.05, 0.1) is 26.6 Å². The van der Waals surface area contributed by atoms with E-state index in [0.29, 0.717) is 0 Å². The Bertz CT molecular complexity index is 2470. The summed E-state index contributed by atoms with van der Waals surface area (Å²) in [6.07, 6.45) is -11.2. The van der Waals surface area contributed by atoms with Gasteiger partial charge in [-0.2, -0.15) is 9.29 Å². The Hall–Kier alpha value is -3.34. The Morgan fingerprint density at radius 1 is 0.821 bits per heavy atom. The first-order chi connectivity index (χ1) is 25.9. The van der Waals surface area contributed by atoms with Crippen molar-refractivity contribution in [3.8, 4) is 0 Å². The minimum Gasteiger partial charge on any atom is -0.387 e. The molecule has 0 bridgehead atoms. The van der Waals surface area contributed by atoms with Gasteiger partial charge in [-0.25, -0.2) is 23.0 Å². The van der Waals surface area contributed by atoms with Crippen molar-refractivity contribution in [3.05, 3.63) is 33.4 Å². The van der Waals surface area contributed by atoms with Crippen molar-refractivity contribution < 1.29 is 90.0 Å². The highest BCUT2D eigenvalue weighted by Crippen LogP contribution is 2.70. The summed E-state index contributed by atoms with van der Waals surface area (Å²) in [5, 5.41) is 42.1. The predicted octanol–water partition coefficient (Wildman–Crippen LogP) is -4.32. The summed E-state index contributed by atoms with van der Waals surface area (Å²) in [5.41, 5.74) is 9.27. The molecule has 310 valence electrons. The Balaban J connectivity index is 1.03. The molecular formula is C22H33N10O20P4+. The number of nitrogens with one attached hydrogen (secondary N) is 2. The van der Waals surface area contributed by atoms with Crippen LogP contribution in [0.15, 0.2) is 22.2 Å². The second-order valence-corrected chi connectivity index (χ2v) is 19.6. The van der Waals surface area contributed by atoms with Crippen molar-refractivity contribution in [1.29, 1.82) is 0 Å². The molecular weight excluding hydrogens is 848 g/mol. The lowest BCUT2D eigenvalue weighted by atomic mass is 10.1. The Kier molecular flexibility index (Phi) is 11.4. The lowest BCUT2D eigenvalue weighted by Gasteiger charge is -2.22. The number of nitrogen functional groups attached to an aromatic ring is 2. The van der Waals surface area contributed by atoms with Gasteiger partial charge in [0.15, 0.2) is 29.6 Å². The first-order valence-corrected chi connectivity index (χ1v) is 21.9. The van der Waals surface area contributed by atoms with Crippen LogP contribution >= 0.6 is 30.8 Å². The van der Waals surface area contributed by atoms with Gasteiger partial charge >= 0.3 is 36.5 Å². The van der Waals surface area contributed by atoms with Crippen LogP contribution in [-0.2, 0) is 52.5 Å². The van der Waals surface area contributed by atoms with E-state index in [0.717, 1.165) is 15.5 Å². The van der Waals surface area contributed by atoms with E-state index in [1.165, 1.54) is 17.9 Å². The summed E-state index contributed by atoms with van der Waals surface area (Å²) in [7, 11) is -21.5. The van der Waals surface area contributed by atoms with Crippen LogP contribution in [0.4, 0.5) is 11.9 Å². The van der Waals surface area contributed by atoms with E-state index >= 15 is 0 Å². The predicted molar refractivity (Wildman–Crippen MR) is 179 cm³/mol. The van der Waals surface area contributed by atoms with Crippen molar-refractivity contribution in [2.75, 3.05) is 30.6 Å². The second kappa shape index (κ2) is 15.1. The third kappa shape index (κ3) is 8.73. The number of hydrogen-bond acceptors (Lipinski definition) is 21. The van der Waals surface area contributed by atoms with E-state index in [-0.39, 0.29) is 34.2 Å². The van der Waals surface area contributed by atoms with Gasteiger partial charge in [0, 0.05) is 0 Å². The molecule has 6 heterocycles. The summed E-state index contributed by atoms with van der Waals surface area (Å²) < 4.78 is 81.9. The molecule has 14 N–H and O–H groups in total. The molecule has 6 rings (SSSR count). The molecule has 0 spiro atoms. The van der Waals surface area contributed by atoms with Gasteiger partial charge in [0.1, 0.15) is 36.6 Å². The first-order valence-electron chi connectivity index (χ1n) is 15.4. The molecule has 0 amide bonds. The molecule has 0 aromatic carbocycles. The van der Waals surface area contributed by atoms with Crippen molar-refractivity contribution in [2.24, 2.45) is 7.05 Å². The fraction of sp³-hybridized carbons (Fsp3) is 0.545. The van der Waals surface area contributed by atoms with Crippen molar-refractivity contribution in [2.45, 2.75) is 49.1 Å². The van der Waals surface area contributed by atoms with Crippen molar-refractivity contribution >= 4 is 65.1 Å². The van der Waals surface area contributed by atoms with Crippen LogP contribution in [0.2, 0.25) is 0 Å². The zero-order chi connectivity index (χ0) is 41.3. The fourth-order valence-corrected chi connectivity index (χ4v) is 12.2. The number of fused-ring (bicyclic) bond motifs is 2. The minimum absolute atomic E-state index is 0.0124. The molecule has 12 atom stereocenters. The molecule has 4 aromatic heterocycles. The third-order valence-electron chi connectivity index (χ3n) is 8.10. The summed E-state index contributed by atoms with van der Waals surface area (Å²) in [6, 6.07) is 0. The van der Waals surface area contributed by atoms with Gasteiger partial charge in [0.2, 0.25) is 17.7 Å². The average molecular weight is 881 g/mol. The maximum Gasteiger partial charge on any atom is 0.488 e. The van der Waals surface area contributed by atoms with E-state index in [1.807, 2.05) is 0 Å². The highest BCUT2D eigenvalue weighted by molar-refractivity contribution is 7.75. The van der Waals surface area contributed by atoms with Crippen LogP contribution in [0, 0.1) is 0 Å². The number of aryl methyl sites for hydroxylation is 1. The normalized spacial score (nSPS) is 29.9. The molecule has 2 fully saturated rings. The molecule has 0 saturated carbocycles. The number of aromatic amines is 2. The maximum absolute atomic E-state index is 12.7. The van der Waals surface area contributed by atoms with Gasteiger partial charge < -0.3 is 65.5 Å². The molecule has 34 heteroatoms. The number of imidazole rings is 2. The van der Waals surface area contributed by atoms with Crippen LogP contribution in [0.5, 0.6) is 0 Å². The molecule has 56 heavy (non-hydrogen) atoms. The second-order valence-electron chi connectivity index (χ2n) is 12.2. The highest BCUT2D eigenvalue weighted by Gasteiger charge is 2.50. The fourth-order valence-electron chi connectivity index (χ4n) is 5.76. The van der Waals surface area contributed by atoms with Crippen LogP contribution in [0.3, 0.4) is 0 Å². The maximum atomic E-state index is 12.7. The average Bonchev–Trinajstić information content (AvgIpc) is 3.77. The molecule has 4 aromatic rings. The summed E-state index contributed by atoms with van der Waals surface area (Å²) in [5.74, 6) is -2.56. The standard InChI is InChI=1S/C22H32N10O20P4/c1-30-5-32(16-10(30)18(38)29-22(24)27-16)20-14(36)12(34)8(50-20)3-48-55(43,44)52-56(45,46)51-54(41,42)6-53(39,40)47-2-7-11(33)13(35)19(49-7)31-4-25-9-15(31)26-21(23)28-17(9)37/h4-5,7-8,11-14,19-20,33-36H,2-3,6H2,1H3,(H9-,23,24,26,27,28,29,37,38,39,40,41,42,43,44,45,46)/p+1/t7-,8-,11-,12-,13-,14-,19-,20-/m1/s1. The number of H-pyrrole nitrogens is 2. The van der Waals surface area contributed by atoms with E-state index in [9.17, 15) is 67.8 Å². The molecule has 2 saturated heterocycles. The van der Waals surface area contributed by atoms with E-state index < -0.39 is 110 Å². The highest BCUT2D eigenvalue weighted by atomic mass is 31.3. The van der Waals surface area contributed by atoms with Crippen molar-refractivity contribution in [1.82, 2.24) is 34.1 Å². The summed E-state index contributed by atoms with van der Waals surface area (Å²) >= 11 is 0. The number of rotatable bonds is 14. The topological polar surface area (TPSA) is 456 Å². The molecule has 30 nitrogen and oxygen atoms in total. The first kappa shape index (κ1) is 42.3. The number of phosphoric acid groups is 2. The molecule has 2 aliphatic heterocycles. The van der Waals surface area contributed by atoms with Gasteiger partial charge in [-0.3, -0.25) is 42.3 Å². The summed E-state index contributed by atoms with van der Waals surface area (Å²) in [4.78, 5) is 80.9. The molecule has 4 unspecified atom stereocenters. The van der Waals surface area contributed by atoms with Gasteiger partial charge in [-0.05, 0) is 0 Å². The smallest absolute Gasteiger partial charge is 0.387 e. The third-order valence-corrected chi connectivity index (χ3v) is 15.5. The lowest BCUT2D eigenvalue weighted by molar-refractivity contribution is -0.745. The van der Waals surface area contributed by atoms with E-state index in [1.54, 1.807) is 0 Å². The summed E-state index contributed by atoms with van der Waals surface area (Å²) in [6.45, 7) is -2.18. The SMILES string of the molecule is Cn1c[n+]([C@@H]2O[C@H](COP(=O)(O)OP(=O)(O)OP(=O)(O)CP(=O)(O)OC[C@H]3O[C@@H](n4cnc5c(=O)[nH]c(N)nc54)[C@H](O)[C@@H]3O)[C@@H](O)[C@H]2O)c2nc(N)[nH]c(=O)c21. The Morgan fingerprint density at radius 3 is 2.12 bits per heavy atom. The lowest BCUT2D eigenvalue weighted by Crippen LogP contribution is -2.46. The van der Waals surface area contributed by atoms with E-state index in [4.69, 9.17) is 25.5 Å². The number of ether oxygens (including phenoxy) is 2. The molecule has 0 aliphatic carbocycles. The number of phosphoric ester groups is 1. The van der Waals surface area contributed by atoms with Crippen molar-refractivity contribution in [3.63, 3.8) is 0 Å². The number of aliphatic hydroxyl groups is 4. The monoisotopic (exact) mass is 881 g/mol. The van der Waals surface area contributed by atoms with E-state index in [2.05, 4.69) is 38.1 Å². The quantitative estimate of drug-likeness (QED) is 0.0421. The number of anilines is 2. The molecule has 0 radical (unpaired) electrons. The minimum atomic E-state index is -6.12. The van der Waals surface area contributed by atoms with Crippen LogP contribution < -0.4 is 27.2 Å². The zero-order valence-electron chi connectivity index (χ0n) is 28.0.